The van der Waals surface area contributed by atoms with E-state index in [0.29, 0.717) is 11.4 Å². The molecule has 3 aromatic carbocycles. The van der Waals surface area contributed by atoms with E-state index in [9.17, 15) is 9.50 Å². The van der Waals surface area contributed by atoms with Gasteiger partial charge in [0.15, 0.2) is 12.4 Å². The third-order valence-corrected chi connectivity index (χ3v) is 4.70. The molecular formula is C23H20FN5O2. The SMILES string of the molecule is N=C(NC1N=C(c2ccccc2)c2ccccc2NC1O)OC(=N)c1ccccc1F. The van der Waals surface area contributed by atoms with Gasteiger partial charge in [0.1, 0.15) is 5.82 Å². The van der Waals surface area contributed by atoms with Crippen molar-refractivity contribution in [2.75, 3.05) is 5.32 Å². The Hall–Kier alpha value is -4.04. The van der Waals surface area contributed by atoms with E-state index in [1.54, 1.807) is 6.07 Å². The van der Waals surface area contributed by atoms with Crippen molar-refractivity contribution >= 4 is 23.3 Å². The molecule has 0 fully saturated rings. The molecule has 1 heterocycles. The Morgan fingerprint density at radius 1 is 0.968 bits per heavy atom. The topological polar surface area (TPSA) is 114 Å². The van der Waals surface area contributed by atoms with E-state index in [2.05, 4.69) is 15.6 Å². The molecule has 3 aromatic rings. The van der Waals surface area contributed by atoms with Crippen molar-refractivity contribution in [1.82, 2.24) is 5.32 Å². The largest absolute Gasteiger partial charge is 0.407 e. The number of aliphatic hydroxyl groups is 1. The van der Waals surface area contributed by atoms with Gasteiger partial charge in [-0.25, -0.2) is 4.39 Å². The normalized spacial score (nSPS) is 17.4. The average molecular weight is 417 g/mol. The number of amidine groups is 1. The predicted octanol–water partition coefficient (Wildman–Crippen LogP) is 3.30. The molecule has 0 aromatic heterocycles. The maximum atomic E-state index is 13.9. The van der Waals surface area contributed by atoms with Crippen LogP contribution in [0.25, 0.3) is 0 Å². The fourth-order valence-corrected chi connectivity index (χ4v) is 3.24. The fraction of sp³-hybridized carbons (Fsp3) is 0.0870. The minimum atomic E-state index is -1.19. The van der Waals surface area contributed by atoms with Gasteiger partial charge < -0.3 is 20.5 Å². The van der Waals surface area contributed by atoms with Crippen LogP contribution in [0.15, 0.2) is 83.9 Å². The first-order valence-electron chi connectivity index (χ1n) is 9.56. The van der Waals surface area contributed by atoms with Gasteiger partial charge >= 0.3 is 0 Å². The zero-order chi connectivity index (χ0) is 21.8. The minimum absolute atomic E-state index is 0.0746. The highest BCUT2D eigenvalue weighted by atomic mass is 19.1. The second kappa shape index (κ2) is 8.76. The van der Waals surface area contributed by atoms with Crippen LogP contribution in [0.3, 0.4) is 0 Å². The van der Waals surface area contributed by atoms with E-state index in [-0.39, 0.29) is 5.56 Å². The lowest BCUT2D eigenvalue weighted by atomic mass is 10.0. The number of nitrogens with one attached hydrogen (secondary N) is 4. The van der Waals surface area contributed by atoms with Gasteiger partial charge in [0, 0.05) is 16.8 Å². The highest BCUT2D eigenvalue weighted by Crippen LogP contribution is 2.24. The van der Waals surface area contributed by atoms with Gasteiger partial charge in [0.05, 0.1) is 11.3 Å². The summed E-state index contributed by atoms with van der Waals surface area (Å²) in [7, 11) is 0. The number of aliphatic hydroxyl groups excluding tert-OH is 1. The van der Waals surface area contributed by atoms with Crippen molar-refractivity contribution in [3.05, 3.63) is 101 Å². The molecule has 5 N–H and O–H groups in total. The molecule has 0 amide bonds. The summed E-state index contributed by atoms with van der Waals surface area (Å²) in [6.45, 7) is 0. The molecule has 0 bridgehead atoms. The molecule has 2 unspecified atom stereocenters. The molecule has 1 aliphatic rings. The molecule has 2 atom stereocenters. The van der Waals surface area contributed by atoms with Gasteiger partial charge in [0.2, 0.25) is 5.90 Å². The van der Waals surface area contributed by atoms with Crippen molar-refractivity contribution < 1.29 is 14.2 Å². The molecular weight excluding hydrogens is 397 g/mol. The Bertz CT molecular complexity index is 1150. The van der Waals surface area contributed by atoms with E-state index < -0.39 is 30.1 Å². The van der Waals surface area contributed by atoms with Crippen LogP contribution in [0.1, 0.15) is 16.7 Å². The lowest BCUT2D eigenvalue weighted by Gasteiger charge is -2.21. The second-order valence-corrected chi connectivity index (χ2v) is 6.81. The number of rotatable bonds is 3. The molecule has 0 radical (unpaired) electrons. The van der Waals surface area contributed by atoms with Crippen LogP contribution in [0.2, 0.25) is 0 Å². The molecule has 4 rings (SSSR count). The van der Waals surface area contributed by atoms with Crippen LogP contribution >= 0.6 is 0 Å². The molecule has 0 aliphatic carbocycles. The zero-order valence-electron chi connectivity index (χ0n) is 16.3. The summed E-state index contributed by atoms with van der Waals surface area (Å²) >= 11 is 0. The van der Waals surface area contributed by atoms with Gasteiger partial charge in [-0.2, -0.15) is 0 Å². The Morgan fingerprint density at radius 3 is 2.42 bits per heavy atom. The van der Waals surface area contributed by atoms with Crippen LogP contribution in [-0.4, -0.2) is 35.1 Å². The van der Waals surface area contributed by atoms with Crippen LogP contribution < -0.4 is 10.6 Å². The Kier molecular flexibility index (Phi) is 5.72. The third-order valence-electron chi connectivity index (χ3n) is 4.70. The van der Waals surface area contributed by atoms with Crippen LogP contribution in [0.4, 0.5) is 10.1 Å². The summed E-state index contributed by atoms with van der Waals surface area (Å²) < 4.78 is 19.0. The van der Waals surface area contributed by atoms with E-state index in [4.69, 9.17) is 15.6 Å². The van der Waals surface area contributed by atoms with E-state index in [1.165, 1.54) is 18.2 Å². The Balaban J connectivity index is 1.60. The Labute approximate surface area is 178 Å². The number of ether oxygens (including phenoxy) is 1. The lowest BCUT2D eigenvalue weighted by molar-refractivity contribution is 0.164. The zero-order valence-corrected chi connectivity index (χ0v) is 16.3. The van der Waals surface area contributed by atoms with Gasteiger partial charge in [0.25, 0.3) is 6.02 Å². The molecule has 1 aliphatic heterocycles. The van der Waals surface area contributed by atoms with Crippen molar-refractivity contribution in [1.29, 1.82) is 10.8 Å². The van der Waals surface area contributed by atoms with E-state index >= 15 is 0 Å². The number of hydrogen-bond donors (Lipinski definition) is 5. The maximum Gasteiger partial charge on any atom is 0.290 e. The highest BCUT2D eigenvalue weighted by molar-refractivity contribution is 6.16. The number of halogens is 1. The molecule has 31 heavy (non-hydrogen) atoms. The molecule has 0 spiro atoms. The first-order valence-corrected chi connectivity index (χ1v) is 9.56. The maximum absolute atomic E-state index is 13.9. The number of aliphatic imine (C=N–C) groups is 1. The predicted molar refractivity (Wildman–Crippen MR) is 117 cm³/mol. The summed E-state index contributed by atoms with van der Waals surface area (Å²) in [5.74, 6) is -1.15. The molecule has 8 heteroatoms. The lowest BCUT2D eigenvalue weighted by Crippen LogP contribution is -2.46. The van der Waals surface area contributed by atoms with E-state index in [0.717, 1.165) is 11.1 Å². The highest BCUT2D eigenvalue weighted by Gasteiger charge is 2.27. The summed E-state index contributed by atoms with van der Waals surface area (Å²) in [5.41, 5.74) is 2.87. The van der Waals surface area contributed by atoms with Crippen molar-refractivity contribution in [3.63, 3.8) is 0 Å². The number of fused-ring (bicyclic) bond motifs is 1. The summed E-state index contributed by atoms with van der Waals surface area (Å²) in [6.07, 6.45) is -2.18. The van der Waals surface area contributed by atoms with Crippen molar-refractivity contribution in [2.45, 2.75) is 12.4 Å². The number of nitrogens with zero attached hydrogens (tertiary/aromatic N) is 1. The molecule has 156 valence electrons. The molecule has 0 saturated carbocycles. The second-order valence-electron chi connectivity index (χ2n) is 6.81. The van der Waals surface area contributed by atoms with Crippen molar-refractivity contribution in [2.24, 2.45) is 4.99 Å². The molecule has 7 nitrogen and oxygen atoms in total. The summed E-state index contributed by atoms with van der Waals surface area (Å²) in [6, 6.07) is 22.0. The first-order chi connectivity index (χ1) is 15.0. The number of anilines is 1. The summed E-state index contributed by atoms with van der Waals surface area (Å²) in [5, 5.41) is 32.3. The van der Waals surface area contributed by atoms with Crippen molar-refractivity contribution in [3.8, 4) is 0 Å². The minimum Gasteiger partial charge on any atom is -0.407 e. The summed E-state index contributed by atoms with van der Waals surface area (Å²) in [4.78, 5) is 4.63. The number of benzene rings is 3. The fourth-order valence-electron chi connectivity index (χ4n) is 3.24. The number of para-hydroxylation sites is 1. The average Bonchev–Trinajstić information content (AvgIpc) is 2.91. The molecule has 0 saturated heterocycles. The monoisotopic (exact) mass is 417 g/mol. The first kappa shape index (κ1) is 20.2. The third kappa shape index (κ3) is 4.44. The van der Waals surface area contributed by atoms with Gasteiger partial charge in [-0.05, 0) is 18.2 Å². The van der Waals surface area contributed by atoms with Gasteiger partial charge in [-0.3, -0.25) is 15.8 Å². The smallest absolute Gasteiger partial charge is 0.290 e. The Morgan fingerprint density at radius 2 is 1.65 bits per heavy atom. The van der Waals surface area contributed by atoms with Crippen LogP contribution in [-0.2, 0) is 4.74 Å². The number of benzodiazepines with no additional fused rings is 1. The van der Waals surface area contributed by atoms with Gasteiger partial charge in [-0.1, -0.05) is 60.7 Å². The van der Waals surface area contributed by atoms with Crippen LogP contribution in [0.5, 0.6) is 0 Å². The van der Waals surface area contributed by atoms with Gasteiger partial charge in [-0.15, -0.1) is 0 Å². The van der Waals surface area contributed by atoms with Crippen LogP contribution in [0, 0.1) is 16.6 Å². The number of hydrogen-bond acceptors (Lipinski definition) is 6. The standard InChI is InChI=1S/C23H20FN5O2/c24-17-12-6-4-10-15(17)20(25)31-23(26)29-21-22(30)27-18-13-7-5-11-16(18)19(28-21)14-8-2-1-3-9-14/h1-13,21-22,25,27,30H,(H2,26,29). The quantitative estimate of drug-likeness (QED) is 0.332. The van der Waals surface area contributed by atoms with E-state index in [1.807, 2.05) is 54.6 Å².